The van der Waals surface area contributed by atoms with E-state index < -0.39 is 20.0 Å². The number of likely N-dealkylation sites (N-methyl/N-ethyl adjacent to an activating group) is 1. The van der Waals surface area contributed by atoms with Crippen LogP contribution in [0.1, 0.15) is 316 Å². The molecule has 0 rings (SSSR count). The number of hydrogen-bond acceptors (Lipinski definition) is 6. The maximum Gasteiger partial charge on any atom is 0.472 e. The zero-order valence-corrected chi connectivity index (χ0v) is 51.5. The predicted octanol–water partition coefficient (Wildman–Crippen LogP) is 19.9. The molecule has 2 N–H and O–H groups in total. The number of amides is 1. The average molecular weight is 1080 g/mol. The van der Waals surface area contributed by atoms with Crippen LogP contribution < -0.4 is 5.32 Å². The van der Waals surface area contributed by atoms with Crippen molar-refractivity contribution >= 4 is 19.7 Å². The summed E-state index contributed by atoms with van der Waals surface area (Å²) in [4.78, 5) is 37.7. The maximum absolute atomic E-state index is 13.5. The minimum Gasteiger partial charge on any atom is -0.456 e. The first-order valence-electron chi connectivity index (χ1n) is 32.3. The predicted molar refractivity (Wildman–Crippen MR) is 323 cm³/mol. The second-order valence-corrected chi connectivity index (χ2v) is 24.8. The second-order valence-electron chi connectivity index (χ2n) is 23.3. The lowest BCUT2D eigenvalue weighted by Crippen LogP contribution is -2.47. The van der Waals surface area contributed by atoms with E-state index in [1.54, 1.807) is 0 Å². The SMILES string of the molecule is CCCCCCCCC/C=C/C=C/CCCCCC(=O)NC(COP(=O)(O)OCC[N+](C)(C)C)C(/C=C/CCCCCCCCCCCC)OC(=O)CCCCCCCCCCCCCCCCCCCCCCC. The Morgan fingerprint density at radius 3 is 1.19 bits per heavy atom. The molecule has 9 nitrogen and oxygen atoms in total. The van der Waals surface area contributed by atoms with Crippen molar-refractivity contribution in [1.29, 1.82) is 0 Å². The molecule has 0 radical (unpaired) electrons. The van der Waals surface area contributed by atoms with Crippen LogP contribution in [0, 0.1) is 0 Å². The van der Waals surface area contributed by atoms with E-state index in [1.807, 2.05) is 33.3 Å². The first kappa shape index (κ1) is 73.2. The van der Waals surface area contributed by atoms with Crippen LogP contribution in [0.2, 0.25) is 0 Å². The van der Waals surface area contributed by atoms with Gasteiger partial charge in [0.2, 0.25) is 5.91 Å². The molecule has 10 heteroatoms. The van der Waals surface area contributed by atoms with E-state index in [4.69, 9.17) is 13.8 Å². The van der Waals surface area contributed by atoms with Crippen LogP contribution in [-0.2, 0) is 27.9 Å². The maximum atomic E-state index is 13.5. The monoisotopic (exact) mass is 1080 g/mol. The van der Waals surface area contributed by atoms with Crippen molar-refractivity contribution in [3.63, 3.8) is 0 Å². The first-order chi connectivity index (χ1) is 36.4. The number of esters is 1. The molecule has 0 saturated heterocycles. The highest BCUT2D eigenvalue weighted by atomic mass is 31.2. The molecule has 1 amide bonds. The summed E-state index contributed by atoms with van der Waals surface area (Å²) in [5.74, 6) is -0.521. The molecule has 3 atom stereocenters. The molecular formula is C65H126N2O7P+. The average Bonchev–Trinajstić information content (AvgIpc) is 3.37. The van der Waals surface area contributed by atoms with Crippen LogP contribution in [0.4, 0.5) is 0 Å². The number of quaternary nitrogens is 1. The number of unbranched alkanes of at least 4 members (excludes halogenated alkanes) is 40. The Morgan fingerprint density at radius 2 is 0.800 bits per heavy atom. The quantitative estimate of drug-likeness (QED) is 0.0156. The van der Waals surface area contributed by atoms with Gasteiger partial charge in [-0.1, -0.05) is 282 Å². The fourth-order valence-electron chi connectivity index (χ4n) is 9.58. The number of rotatable bonds is 59. The summed E-state index contributed by atoms with van der Waals surface area (Å²) in [5, 5.41) is 3.05. The third-order valence-corrected chi connectivity index (χ3v) is 15.6. The molecule has 0 fully saturated rings. The van der Waals surface area contributed by atoms with Crippen LogP contribution in [0.5, 0.6) is 0 Å². The Morgan fingerprint density at radius 1 is 0.467 bits per heavy atom. The van der Waals surface area contributed by atoms with Gasteiger partial charge in [-0.2, -0.15) is 0 Å². The molecule has 0 bridgehead atoms. The van der Waals surface area contributed by atoms with Gasteiger partial charge in [-0.3, -0.25) is 18.6 Å². The van der Waals surface area contributed by atoms with Crippen LogP contribution in [0.15, 0.2) is 36.5 Å². The van der Waals surface area contributed by atoms with Gasteiger partial charge in [0, 0.05) is 12.8 Å². The van der Waals surface area contributed by atoms with Crippen LogP contribution >= 0.6 is 7.82 Å². The summed E-state index contributed by atoms with van der Waals surface area (Å²) in [6, 6.07) is -0.858. The van der Waals surface area contributed by atoms with Crippen molar-refractivity contribution in [2.75, 3.05) is 40.9 Å². The van der Waals surface area contributed by atoms with E-state index in [1.165, 1.54) is 212 Å². The molecule has 0 aromatic rings. The number of phosphoric ester groups is 1. The molecule has 0 heterocycles. The van der Waals surface area contributed by atoms with E-state index in [-0.39, 0.29) is 25.1 Å². The Balaban J connectivity index is 5.20. The summed E-state index contributed by atoms with van der Waals surface area (Å²) in [6.07, 6.45) is 67.2. The van der Waals surface area contributed by atoms with Gasteiger partial charge in [-0.25, -0.2) is 4.57 Å². The lowest BCUT2D eigenvalue weighted by atomic mass is 10.0. The fourth-order valence-corrected chi connectivity index (χ4v) is 10.3. The minimum atomic E-state index is -4.45. The Kier molecular flexibility index (Phi) is 54.2. The van der Waals surface area contributed by atoms with Gasteiger partial charge < -0.3 is 19.4 Å². The van der Waals surface area contributed by atoms with Gasteiger partial charge in [0.05, 0.1) is 33.8 Å². The Labute approximate surface area is 466 Å². The van der Waals surface area contributed by atoms with E-state index in [0.29, 0.717) is 30.3 Å². The highest BCUT2D eigenvalue weighted by Gasteiger charge is 2.30. The fraction of sp³-hybridized carbons (Fsp3) is 0.877. The number of carbonyl (C=O) groups is 2. The molecule has 442 valence electrons. The van der Waals surface area contributed by atoms with Crippen molar-refractivity contribution in [2.45, 2.75) is 328 Å². The Hall–Kier alpha value is -1.77. The zero-order valence-electron chi connectivity index (χ0n) is 50.6. The Bertz CT molecular complexity index is 1380. The first-order valence-corrected chi connectivity index (χ1v) is 33.8. The molecule has 75 heavy (non-hydrogen) atoms. The van der Waals surface area contributed by atoms with Crippen molar-refractivity contribution in [3.05, 3.63) is 36.5 Å². The molecule has 3 unspecified atom stereocenters. The molecular weight excluding hydrogens is 952 g/mol. The van der Waals surface area contributed by atoms with E-state index in [0.717, 1.165) is 64.2 Å². The molecule has 0 aliphatic rings. The lowest BCUT2D eigenvalue weighted by Gasteiger charge is -2.27. The summed E-state index contributed by atoms with van der Waals surface area (Å²) < 4.78 is 30.7. The third-order valence-electron chi connectivity index (χ3n) is 14.6. The minimum absolute atomic E-state index is 0.0374. The summed E-state index contributed by atoms with van der Waals surface area (Å²) in [5.41, 5.74) is 0. The number of carbonyl (C=O) groups excluding carboxylic acids is 2. The van der Waals surface area contributed by atoms with Crippen molar-refractivity contribution < 1.29 is 37.3 Å². The largest absolute Gasteiger partial charge is 0.472 e. The number of nitrogens with zero attached hydrogens (tertiary/aromatic N) is 1. The van der Waals surface area contributed by atoms with Crippen molar-refractivity contribution in [3.8, 4) is 0 Å². The molecule has 0 spiro atoms. The molecule has 0 saturated carbocycles. The summed E-state index contributed by atoms with van der Waals surface area (Å²) >= 11 is 0. The molecule has 0 aliphatic carbocycles. The van der Waals surface area contributed by atoms with E-state index >= 15 is 0 Å². The molecule has 0 aromatic carbocycles. The van der Waals surface area contributed by atoms with Gasteiger partial charge in [0.1, 0.15) is 19.3 Å². The van der Waals surface area contributed by atoms with Gasteiger partial charge in [-0.05, 0) is 57.4 Å². The van der Waals surface area contributed by atoms with E-state index in [2.05, 4.69) is 50.4 Å². The standard InChI is InChI=1S/C65H125N2O7P/c1-7-10-13-16-19-22-25-28-30-32-33-34-35-36-38-40-43-46-49-52-55-58-65(69)74-63(56-53-50-47-44-41-27-24-21-18-15-12-9-3)62(61-73-75(70,71)72-60-59-67(4,5)6)66-64(68)57-54-51-48-45-42-39-37-31-29-26-23-20-17-14-11-8-2/h31,37,39,42,53,56,62-63H,7-30,32-36,38,40-41,43-52,54-55,57-61H2,1-6H3,(H-,66,68,70,71)/p+1/b37-31+,42-39+,56-53+. The summed E-state index contributed by atoms with van der Waals surface area (Å²) in [6.45, 7) is 7.03. The number of nitrogens with one attached hydrogen (secondary N) is 1. The highest BCUT2D eigenvalue weighted by molar-refractivity contribution is 7.47. The number of hydrogen-bond donors (Lipinski definition) is 2. The van der Waals surface area contributed by atoms with Gasteiger partial charge in [-0.15, -0.1) is 0 Å². The number of allylic oxidation sites excluding steroid dienone is 5. The molecule has 0 aliphatic heterocycles. The zero-order chi connectivity index (χ0) is 55.0. The number of phosphoric acid groups is 1. The smallest absolute Gasteiger partial charge is 0.456 e. The van der Waals surface area contributed by atoms with Gasteiger partial charge in [0.15, 0.2) is 0 Å². The van der Waals surface area contributed by atoms with Crippen LogP contribution in [0.25, 0.3) is 0 Å². The number of ether oxygens (including phenoxy) is 1. The molecule has 0 aromatic heterocycles. The highest BCUT2D eigenvalue weighted by Crippen LogP contribution is 2.43. The van der Waals surface area contributed by atoms with Crippen molar-refractivity contribution in [2.24, 2.45) is 0 Å². The second kappa shape index (κ2) is 55.5. The normalized spacial score (nSPS) is 13.9. The van der Waals surface area contributed by atoms with Gasteiger partial charge in [0.25, 0.3) is 0 Å². The van der Waals surface area contributed by atoms with Gasteiger partial charge >= 0.3 is 13.8 Å². The summed E-state index contributed by atoms with van der Waals surface area (Å²) in [7, 11) is 1.49. The lowest BCUT2D eigenvalue weighted by molar-refractivity contribution is -0.870. The van der Waals surface area contributed by atoms with Crippen LogP contribution in [0.3, 0.4) is 0 Å². The van der Waals surface area contributed by atoms with E-state index in [9.17, 15) is 19.0 Å². The topological polar surface area (TPSA) is 111 Å². The third kappa shape index (κ3) is 56.8. The van der Waals surface area contributed by atoms with Crippen LogP contribution in [-0.4, -0.2) is 74.3 Å². The van der Waals surface area contributed by atoms with Crippen molar-refractivity contribution in [1.82, 2.24) is 5.32 Å².